The summed E-state index contributed by atoms with van der Waals surface area (Å²) in [5, 5.41) is 12.7. The summed E-state index contributed by atoms with van der Waals surface area (Å²) in [5.74, 6) is 0. The molecule has 0 unspecified atom stereocenters. The van der Waals surface area contributed by atoms with E-state index in [9.17, 15) is 18.3 Å². The summed E-state index contributed by atoms with van der Waals surface area (Å²) in [6.45, 7) is 9.14. The van der Waals surface area contributed by atoms with Crippen molar-refractivity contribution in [3.63, 3.8) is 0 Å². The Morgan fingerprint density at radius 2 is 1.61 bits per heavy atom. The number of rotatable bonds is 9. The summed E-state index contributed by atoms with van der Waals surface area (Å²) in [6, 6.07) is 13.0. The van der Waals surface area contributed by atoms with Crippen molar-refractivity contribution in [1.82, 2.24) is 10.0 Å². The Morgan fingerprint density at radius 3 is 2.16 bits per heavy atom. The molecule has 9 heteroatoms. The van der Waals surface area contributed by atoms with Gasteiger partial charge in [-0.1, -0.05) is 47.4 Å². The summed E-state index contributed by atoms with van der Waals surface area (Å²) in [7, 11) is -2.30. The predicted molar refractivity (Wildman–Crippen MR) is 122 cm³/mol. The van der Waals surface area contributed by atoms with Crippen molar-refractivity contribution >= 4 is 29.0 Å². The Labute approximate surface area is 185 Å². The van der Waals surface area contributed by atoms with Crippen LogP contribution in [0.25, 0.3) is 0 Å². The molecule has 2 aromatic carbocycles. The van der Waals surface area contributed by atoms with Crippen LogP contribution in [0.15, 0.2) is 53.4 Å². The van der Waals surface area contributed by atoms with E-state index < -0.39 is 27.3 Å². The Kier molecular flexibility index (Phi) is 7.91. The number of sulfonamides is 1. The third-order valence-corrected chi connectivity index (χ3v) is 6.55. The molecule has 0 heterocycles. The molecule has 0 aliphatic carbocycles. The molecule has 0 aliphatic heterocycles. The molecule has 0 aromatic heterocycles. The molecule has 2 amide bonds. The Bertz CT molecular complexity index is 982. The highest BCUT2D eigenvalue weighted by Crippen LogP contribution is 2.24. The molecule has 0 saturated carbocycles. The van der Waals surface area contributed by atoms with Crippen molar-refractivity contribution < 1.29 is 23.0 Å². The van der Waals surface area contributed by atoms with Gasteiger partial charge in [-0.05, 0) is 58.7 Å². The highest BCUT2D eigenvalue weighted by Gasteiger charge is 2.35. The minimum atomic E-state index is -3.90. The molecule has 0 aliphatic rings. The maximum absolute atomic E-state index is 12.2. The maximum atomic E-state index is 12.2. The zero-order valence-corrected chi connectivity index (χ0v) is 19.4. The number of amides is 2. The Hall–Kier alpha value is -2.36. The van der Waals surface area contributed by atoms with Crippen LogP contribution in [-0.4, -0.2) is 44.8 Å². The zero-order valence-electron chi connectivity index (χ0n) is 18.6. The first kappa shape index (κ1) is 24.9. The van der Waals surface area contributed by atoms with Crippen molar-refractivity contribution in [3.8, 4) is 0 Å². The van der Waals surface area contributed by atoms with Gasteiger partial charge < -0.3 is 15.1 Å². The van der Waals surface area contributed by atoms with Crippen LogP contribution in [0.4, 0.5) is 4.79 Å². The number of nitrogens with one attached hydrogen (secondary N) is 2. The molecule has 31 heavy (non-hydrogen) atoms. The van der Waals surface area contributed by atoms with Gasteiger partial charge >= 0.3 is 13.5 Å². The van der Waals surface area contributed by atoms with Gasteiger partial charge in [0.2, 0.25) is 0 Å². The molecule has 7 nitrogen and oxygen atoms in total. The largest absolute Gasteiger partial charge is 0.427 e. The fourth-order valence-electron chi connectivity index (χ4n) is 2.38. The molecular formula is C22H30BN2O5S. The van der Waals surface area contributed by atoms with Gasteiger partial charge in [-0.15, -0.1) is 0 Å². The van der Waals surface area contributed by atoms with Crippen LogP contribution in [0, 0.1) is 6.92 Å². The summed E-state index contributed by atoms with van der Waals surface area (Å²) >= 11 is 0. The number of aliphatic hydroxyl groups is 1. The van der Waals surface area contributed by atoms with Gasteiger partial charge in [-0.2, -0.15) is 0 Å². The monoisotopic (exact) mass is 445 g/mol. The van der Waals surface area contributed by atoms with Crippen LogP contribution in [0.1, 0.15) is 38.8 Å². The third kappa shape index (κ3) is 7.38. The highest BCUT2D eigenvalue weighted by atomic mass is 32.2. The number of hydrogen-bond donors (Lipinski definition) is 3. The van der Waals surface area contributed by atoms with Crippen molar-refractivity contribution in [2.75, 3.05) is 6.54 Å². The first-order valence-electron chi connectivity index (χ1n) is 10.00. The Balaban J connectivity index is 1.80. The van der Waals surface area contributed by atoms with Gasteiger partial charge in [0.15, 0.2) is 0 Å². The van der Waals surface area contributed by atoms with Crippen molar-refractivity contribution in [2.24, 2.45) is 0 Å². The second-order valence-electron chi connectivity index (χ2n) is 8.47. The van der Waals surface area contributed by atoms with Crippen molar-refractivity contribution in [2.45, 2.75) is 57.1 Å². The number of aryl methyl sites for hydroxylation is 1. The van der Waals surface area contributed by atoms with Gasteiger partial charge in [0.05, 0.1) is 16.1 Å². The minimum Gasteiger partial charge on any atom is -0.427 e. The molecule has 3 N–H and O–H groups in total. The topological polar surface area (TPSA) is 105 Å². The average Bonchev–Trinajstić information content (AvgIpc) is 2.66. The second kappa shape index (κ2) is 9.85. The standard InChI is InChI=1S/C22H30BN2O5S/c1-16-6-12-19(13-7-16)31(28,29)25-20(26)24-15-14-17-8-10-18(11-9-17)23-30-22(4,5)21(2,3)27/h6-13,27H,14-15H2,1-5H3,(H2,24,25,26). The van der Waals surface area contributed by atoms with E-state index in [1.54, 1.807) is 33.5 Å². The SMILES string of the molecule is Cc1ccc(S(=O)(=O)NC(=O)NCCc2ccc([B]OC(C)(C)C(C)(C)O)cc2)cc1. The van der Waals surface area contributed by atoms with Gasteiger partial charge in [0, 0.05) is 6.54 Å². The summed E-state index contributed by atoms with van der Waals surface area (Å²) in [4.78, 5) is 12.0. The molecule has 0 saturated heterocycles. The van der Waals surface area contributed by atoms with Gasteiger partial charge in [0.25, 0.3) is 10.0 Å². The van der Waals surface area contributed by atoms with E-state index in [0.29, 0.717) is 6.42 Å². The predicted octanol–water partition coefficient (Wildman–Crippen LogP) is 2.04. The van der Waals surface area contributed by atoms with Gasteiger partial charge in [-0.25, -0.2) is 17.9 Å². The van der Waals surface area contributed by atoms with E-state index in [1.165, 1.54) is 12.1 Å². The molecule has 0 spiro atoms. The fourth-order valence-corrected chi connectivity index (χ4v) is 3.31. The van der Waals surface area contributed by atoms with Gasteiger partial charge in [-0.3, -0.25) is 0 Å². The highest BCUT2D eigenvalue weighted by molar-refractivity contribution is 7.90. The van der Waals surface area contributed by atoms with Crippen LogP contribution < -0.4 is 15.5 Å². The van der Waals surface area contributed by atoms with Crippen molar-refractivity contribution in [3.05, 3.63) is 59.7 Å². The van der Waals surface area contributed by atoms with Crippen LogP contribution in [-0.2, 0) is 21.1 Å². The summed E-state index contributed by atoms with van der Waals surface area (Å²) in [6.07, 6.45) is 0.536. The van der Waals surface area contributed by atoms with E-state index in [2.05, 4.69) is 5.32 Å². The zero-order chi connectivity index (χ0) is 23.3. The van der Waals surface area contributed by atoms with E-state index >= 15 is 0 Å². The molecule has 1 radical (unpaired) electrons. The number of carbonyl (C=O) groups excluding carboxylic acids is 1. The summed E-state index contributed by atoms with van der Waals surface area (Å²) in [5.41, 5.74) is 1.00. The smallest absolute Gasteiger partial charge is 0.330 e. The minimum absolute atomic E-state index is 0.0371. The molecule has 2 rings (SSSR count). The number of benzene rings is 2. The average molecular weight is 445 g/mol. The first-order valence-corrected chi connectivity index (χ1v) is 11.5. The summed E-state index contributed by atoms with van der Waals surface area (Å²) < 4.78 is 32.2. The van der Waals surface area contributed by atoms with Gasteiger partial charge in [0.1, 0.15) is 0 Å². The first-order chi connectivity index (χ1) is 14.3. The van der Waals surface area contributed by atoms with Crippen LogP contribution in [0.3, 0.4) is 0 Å². The van der Waals surface area contributed by atoms with E-state index in [0.717, 1.165) is 16.6 Å². The van der Waals surface area contributed by atoms with E-state index in [4.69, 9.17) is 4.65 Å². The molecule has 0 fully saturated rings. The molecular weight excluding hydrogens is 415 g/mol. The fraction of sp³-hybridized carbons (Fsp3) is 0.409. The molecule has 167 valence electrons. The quantitative estimate of drug-likeness (QED) is 0.513. The molecule has 0 bridgehead atoms. The van der Waals surface area contributed by atoms with Crippen molar-refractivity contribution in [1.29, 1.82) is 0 Å². The second-order valence-corrected chi connectivity index (χ2v) is 10.2. The number of urea groups is 1. The lowest BCUT2D eigenvalue weighted by Gasteiger charge is -2.37. The lowest BCUT2D eigenvalue weighted by Crippen LogP contribution is -2.49. The van der Waals surface area contributed by atoms with Crippen LogP contribution in [0.2, 0.25) is 0 Å². The lowest BCUT2D eigenvalue weighted by molar-refractivity contribution is -0.0893. The van der Waals surface area contributed by atoms with E-state index in [1.807, 2.05) is 49.8 Å². The van der Waals surface area contributed by atoms with E-state index in [-0.39, 0.29) is 11.4 Å². The third-order valence-electron chi connectivity index (χ3n) is 5.20. The normalized spacial score (nSPS) is 12.3. The van der Waals surface area contributed by atoms with Crippen LogP contribution >= 0.6 is 0 Å². The molecule has 0 atom stereocenters. The Morgan fingerprint density at radius 1 is 1.03 bits per heavy atom. The van der Waals surface area contributed by atoms with Crippen LogP contribution in [0.5, 0.6) is 0 Å². The number of hydrogen-bond acceptors (Lipinski definition) is 5. The molecule has 2 aromatic rings. The maximum Gasteiger partial charge on any atom is 0.330 e. The number of carbonyl (C=O) groups is 1. The lowest BCUT2D eigenvalue weighted by atomic mass is 9.82.